The minimum absolute atomic E-state index is 0.279. The first-order chi connectivity index (χ1) is 9.19. The molecule has 0 bridgehead atoms. The molecule has 0 aromatic carbocycles. The Hall–Kier alpha value is -1.07. The lowest BCUT2D eigenvalue weighted by molar-refractivity contribution is -0.146. The van der Waals surface area contributed by atoms with Crippen LogP contribution in [0.3, 0.4) is 0 Å². The van der Waals surface area contributed by atoms with E-state index in [1.807, 2.05) is 0 Å². The number of carbonyl (C=O) groups is 1. The Kier molecular flexibility index (Phi) is 6.02. The smallest absolute Gasteiger partial charge is 0.333 e. The second kappa shape index (κ2) is 7.09. The lowest BCUT2D eigenvalue weighted by atomic mass is 9.83. The molecule has 0 amide bonds. The Morgan fingerprint density at radius 2 is 1.85 bits per heavy atom. The quantitative estimate of drug-likeness (QED) is 0.414. The van der Waals surface area contributed by atoms with Gasteiger partial charge in [0.15, 0.2) is 0 Å². The van der Waals surface area contributed by atoms with Gasteiger partial charge >= 0.3 is 5.97 Å². The van der Waals surface area contributed by atoms with Crippen LogP contribution in [0, 0.1) is 5.92 Å². The zero-order chi connectivity index (χ0) is 15.3. The van der Waals surface area contributed by atoms with E-state index in [4.69, 9.17) is 4.74 Å². The fourth-order valence-corrected chi connectivity index (χ4v) is 2.44. The number of ether oxygens (including phenoxy) is 1. The van der Waals surface area contributed by atoms with Gasteiger partial charge in [0.25, 0.3) is 5.92 Å². The van der Waals surface area contributed by atoms with Crippen molar-refractivity contribution in [1.82, 2.24) is 0 Å². The van der Waals surface area contributed by atoms with Crippen molar-refractivity contribution in [3.05, 3.63) is 12.2 Å². The van der Waals surface area contributed by atoms with Crippen molar-refractivity contribution in [2.45, 2.75) is 63.9 Å². The standard InChI is InChI=1S/C14H20F4O2/c1-9(2)13(19)20-11-5-3-10(4-6-11)7-14(17,18)8-12(15)16/h10-12H,1,3-8H2,2H3. The van der Waals surface area contributed by atoms with Crippen molar-refractivity contribution in [2.24, 2.45) is 5.92 Å². The Bertz CT molecular complexity index is 347. The van der Waals surface area contributed by atoms with E-state index in [1.165, 1.54) is 0 Å². The summed E-state index contributed by atoms with van der Waals surface area (Å²) in [7, 11) is 0. The van der Waals surface area contributed by atoms with Gasteiger partial charge in [-0.3, -0.25) is 0 Å². The molecule has 2 nitrogen and oxygen atoms in total. The molecule has 0 saturated heterocycles. The largest absolute Gasteiger partial charge is 0.459 e. The predicted molar refractivity (Wildman–Crippen MR) is 66.8 cm³/mol. The highest BCUT2D eigenvalue weighted by Gasteiger charge is 2.37. The summed E-state index contributed by atoms with van der Waals surface area (Å²) in [5, 5.41) is 0. The van der Waals surface area contributed by atoms with Gasteiger partial charge in [-0.2, -0.15) is 0 Å². The molecule has 1 fully saturated rings. The summed E-state index contributed by atoms with van der Waals surface area (Å²) >= 11 is 0. The number of rotatable bonds is 6. The third kappa shape index (κ3) is 5.92. The third-order valence-electron chi connectivity index (χ3n) is 3.46. The lowest BCUT2D eigenvalue weighted by Crippen LogP contribution is -2.29. The van der Waals surface area contributed by atoms with E-state index in [0.717, 1.165) is 0 Å². The Balaban J connectivity index is 2.35. The van der Waals surface area contributed by atoms with Gasteiger partial charge in [-0.15, -0.1) is 0 Å². The van der Waals surface area contributed by atoms with Crippen molar-refractivity contribution in [1.29, 1.82) is 0 Å². The highest BCUT2D eigenvalue weighted by Crippen LogP contribution is 2.37. The molecule has 116 valence electrons. The van der Waals surface area contributed by atoms with E-state index >= 15 is 0 Å². The maximum atomic E-state index is 13.3. The Morgan fingerprint density at radius 1 is 1.30 bits per heavy atom. The van der Waals surface area contributed by atoms with Gasteiger partial charge in [0.2, 0.25) is 6.43 Å². The maximum absolute atomic E-state index is 13.3. The first-order valence-corrected chi connectivity index (χ1v) is 6.72. The van der Waals surface area contributed by atoms with Crippen molar-refractivity contribution >= 4 is 5.97 Å². The number of hydrogen-bond acceptors (Lipinski definition) is 2. The van der Waals surface area contributed by atoms with Crippen LogP contribution >= 0.6 is 0 Å². The second-order valence-corrected chi connectivity index (χ2v) is 5.48. The monoisotopic (exact) mass is 296 g/mol. The Morgan fingerprint density at radius 3 is 2.30 bits per heavy atom. The fraction of sp³-hybridized carbons (Fsp3) is 0.786. The molecule has 1 aliphatic carbocycles. The van der Waals surface area contributed by atoms with Crippen LogP contribution in [0.15, 0.2) is 12.2 Å². The minimum Gasteiger partial charge on any atom is -0.459 e. The third-order valence-corrected chi connectivity index (χ3v) is 3.46. The molecule has 1 saturated carbocycles. The van der Waals surface area contributed by atoms with Crippen LogP contribution in [-0.4, -0.2) is 24.4 Å². The van der Waals surface area contributed by atoms with Crippen LogP contribution in [0.25, 0.3) is 0 Å². The lowest BCUT2D eigenvalue weighted by Gasteiger charge is -2.30. The minimum atomic E-state index is -3.32. The molecule has 0 N–H and O–H groups in total. The highest BCUT2D eigenvalue weighted by molar-refractivity contribution is 5.87. The van der Waals surface area contributed by atoms with Gasteiger partial charge in [-0.25, -0.2) is 22.4 Å². The number of halogens is 4. The molecular weight excluding hydrogens is 276 g/mol. The van der Waals surface area contributed by atoms with Gasteiger partial charge in [0, 0.05) is 12.0 Å². The highest BCUT2D eigenvalue weighted by atomic mass is 19.3. The van der Waals surface area contributed by atoms with Gasteiger partial charge in [-0.05, 0) is 38.5 Å². The number of alkyl halides is 4. The summed E-state index contributed by atoms with van der Waals surface area (Å²) < 4.78 is 55.8. The molecule has 0 heterocycles. The SMILES string of the molecule is C=C(C)C(=O)OC1CCC(CC(F)(F)CC(F)F)CC1. The van der Waals surface area contributed by atoms with Gasteiger partial charge in [0.05, 0.1) is 6.42 Å². The molecule has 0 aliphatic heterocycles. The first-order valence-electron chi connectivity index (χ1n) is 6.72. The van der Waals surface area contributed by atoms with E-state index in [0.29, 0.717) is 31.3 Å². The van der Waals surface area contributed by atoms with Crippen LogP contribution in [0.1, 0.15) is 45.4 Å². The molecule has 0 aromatic heterocycles. The fourth-order valence-electron chi connectivity index (χ4n) is 2.44. The summed E-state index contributed by atoms with van der Waals surface area (Å²) in [6.07, 6.45) is -3.24. The van der Waals surface area contributed by atoms with Gasteiger partial charge < -0.3 is 4.74 Å². The summed E-state index contributed by atoms with van der Waals surface area (Å²) in [4.78, 5) is 11.3. The summed E-state index contributed by atoms with van der Waals surface area (Å²) in [6.45, 7) is 5.01. The molecule has 1 aliphatic rings. The molecule has 1 rings (SSSR count). The maximum Gasteiger partial charge on any atom is 0.333 e. The van der Waals surface area contributed by atoms with E-state index in [-0.39, 0.29) is 12.0 Å². The average molecular weight is 296 g/mol. The van der Waals surface area contributed by atoms with Crippen molar-refractivity contribution in [2.75, 3.05) is 0 Å². The summed E-state index contributed by atoms with van der Waals surface area (Å²) in [5.41, 5.74) is 0.301. The van der Waals surface area contributed by atoms with Gasteiger partial charge in [-0.1, -0.05) is 6.58 Å². The number of hydrogen-bond donors (Lipinski definition) is 0. The molecule has 0 radical (unpaired) electrons. The summed E-state index contributed by atoms with van der Waals surface area (Å²) in [5.74, 6) is -4.08. The summed E-state index contributed by atoms with van der Waals surface area (Å²) in [6, 6.07) is 0. The Labute approximate surface area is 116 Å². The van der Waals surface area contributed by atoms with Crippen molar-refractivity contribution in [3.63, 3.8) is 0 Å². The average Bonchev–Trinajstić information content (AvgIpc) is 2.29. The zero-order valence-electron chi connectivity index (χ0n) is 11.5. The normalized spacial score (nSPS) is 23.7. The van der Waals surface area contributed by atoms with Crippen LogP contribution in [0.5, 0.6) is 0 Å². The first kappa shape index (κ1) is 17.0. The van der Waals surface area contributed by atoms with E-state index in [1.54, 1.807) is 6.92 Å². The van der Waals surface area contributed by atoms with Crippen LogP contribution < -0.4 is 0 Å². The topological polar surface area (TPSA) is 26.3 Å². The second-order valence-electron chi connectivity index (χ2n) is 5.48. The number of esters is 1. The van der Waals surface area contributed by atoms with E-state index in [2.05, 4.69) is 6.58 Å². The molecular formula is C14H20F4O2. The van der Waals surface area contributed by atoms with Crippen molar-refractivity contribution in [3.8, 4) is 0 Å². The predicted octanol–water partition coefficient (Wildman–Crippen LogP) is 4.35. The number of carbonyl (C=O) groups excluding carboxylic acids is 1. The molecule has 6 heteroatoms. The molecule has 0 atom stereocenters. The van der Waals surface area contributed by atoms with Crippen LogP contribution in [-0.2, 0) is 9.53 Å². The molecule has 0 spiro atoms. The van der Waals surface area contributed by atoms with Crippen LogP contribution in [0.4, 0.5) is 17.6 Å². The van der Waals surface area contributed by atoms with Crippen molar-refractivity contribution < 1.29 is 27.1 Å². The molecule has 20 heavy (non-hydrogen) atoms. The molecule has 0 unspecified atom stereocenters. The van der Waals surface area contributed by atoms with Gasteiger partial charge in [0.1, 0.15) is 6.10 Å². The van der Waals surface area contributed by atoms with E-state index < -0.39 is 31.2 Å². The van der Waals surface area contributed by atoms with E-state index in [9.17, 15) is 22.4 Å². The molecule has 0 aromatic rings. The zero-order valence-corrected chi connectivity index (χ0v) is 11.5. The van der Waals surface area contributed by atoms with Crippen LogP contribution in [0.2, 0.25) is 0 Å².